The Hall–Kier alpha value is -2.74. The van der Waals surface area contributed by atoms with Crippen molar-refractivity contribution in [2.45, 2.75) is 31.6 Å². The van der Waals surface area contributed by atoms with Gasteiger partial charge in [0, 0.05) is 5.92 Å². The summed E-state index contributed by atoms with van der Waals surface area (Å²) >= 11 is 0. The van der Waals surface area contributed by atoms with E-state index in [0.29, 0.717) is 18.3 Å². The lowest BCUT2D eigenvalue weighted by atomic mass is 9.69. The Kier molecular flexibility index (Phi) is 4.66. The molecule has 2 atom stereocenters. The van der Waals surface area contributed by atoms with Crippen LogP contribution >= 0.6 is 0 Å². The first-order valence-electron chi connectivity index (χ1n) is 9.35. The predicted octanol–water partition coefficient (Wildman–Crippen LogP) is 5.65. The third-order valence-corrected chi connectivity index (χ3v) is 5.37. The highest BCUT2D eigenvalue weighted by Crippen LogP contribution is 2.47. The van der Waals surface area contributed by atoms with E-state index in [1.165, 1.54) is 22.3 Å². The van der Waals surface area contributed by atoms with Crippen molar-refractivity contribution in [1.82, 2.24) is 0 Å². The molecule has 132 valence electrons. The lowest BCUT2D eigenvalue weighted by Gasteiger charge is -2.34. The molecule has 0 radical (unpaired) electrons. The van der Waals surface area contributed by atoms with E-state index in [1.807, 2.05) is 19.1 Å². The Labute approximate surface area is 155 Å². The molecule has 0 fully saturated rings. The molecule has 0 amide bonds. The van der Waals surface area contributed by atoms with Crippen LogP contribution in [-0.2, 0) is 6.42 Å². The van der Waals surface area contributed by atoms with Gasteiger partial charge in [0.15, 0.2) is 0 Å². The van der Waals surface area contributed by atoms with Crippen LogP contribution in [0.3, 0.4) is 0 Å². The number of fused-ring (bicyclic) bond motifs is 1. The molecule has 0 unspecified atom stereocenters. The van der Waals surface area contributed by atoms with Crippen LogP contribution in [0.2, 0.25) is 0 Å². The Morgan fingerprint density at radius 2 is 1.69 bits per heavy atom. The summed E-state index contributed by atoms with van der Waals surface area (Å²) in [6.07, 6.45) is 2.08. The topological polar surface area (TPSA) is 29.5 Å². The zero-order valence-electron chi connectivity index (χ0n) is 15.1. The molecule has 0 aromatic heterocycles. The van der Waals surface area contributed by atoms with Crippen LogP contribution in [-0.4, -0.2) is 11.7 Å². The summed E-state index contributed by atoms with van der Waals surface area (Å²) in [5, 5.41) is 9.91. The van der Waals surface area contributed by atoms with Crippen LogP contribution in [0.5, 0.6) is 11.5 Å². The second-order valence-corrected chi connectivity index (χ2v) is 6.92. The van der Waals surface area contributed by atoms with Gasteiger partial charge in [0.05, 0.1) is 6.61 Å². The number of ether oxygens (including phenoxy) is 1. The molecule has 3 aromatic rings. The van der Waals surface area contributed by atoms with E-state index in [9.17, 15) is 5.11 Å². The molecule has 1 aliphatic carbocycles. The second kappa shape index (κ2) is 7.25. The van der Waals surface area contributed by atoms with Gasteiger partial charge in [0.2, 0.25) is 0 Å². The van der Waals surface area contributed by atoms with E-state index in [-0.39, 0.29) is 5.92 Å². The van der Waals surface area contributed by atoms with E-state index in [1.54, 1.807) is 0 Å². The first kappa shape index (κ1) is 16.7. The fraction of sp³-hybridized carbons (Fsp3) is 0.250. The molecule has 4 rings (SSSR count). The summed E-state index contributed by atoms with van der Waals surface area (Å²) in [5.74, 6) is 1.99. The van der Waals surface area contributed by atoms with Gasteiger partial charge in [-0.1, -0.05) is 48.5 Å². The molecule has 0 saturated heterocycles. The maximum Gasteiger partial charge on any atom is 0.119 e. The molecule has 2 heteroatoms. The second-order valence-electron chi connectivity index (χ2n) is 6.92. The first-order chi connectivity index (χ1) is 12.8. The smallest absolute Gasteiger partial charge is 0.119 e. The Bertz CT molecular complexity index is 868. The van der Waals surface area contributed by atoms with E-state index in [2.05, 4.69) is 60.7 Å². The van der Waals surface area contributed by atoms with Crippen LogP contribution in [0.15, 0.2) is 72.8 Å². The molecule has 2 nitrogen and oxygen atoms in total. The molecular formula is C24H24O2. The monoisotopic (exact) mass is 344 g/mol. The van der Waals surface area contributed by atoms with Crippen molar-refractivity contribution in [3.8, 4) is 11.5 Å². The number of aryl methyl sites for hydroxylation is 1. The summed E-state index contributed by atoms with van der Waals surface area (Å²) in [5.41, 5.74) is 5.27. The summed E-state index contributed by atoms with van der Waals surface area (Å²) in [4.78, 5) is 0. The van der Waals surface area contributed by atoms with E-state index >= 15 is 0 Å². The van der Waals surface area contributed by atoms with Crippen molar-refractivity contribution in [3.63, 3.8) is 0 Å². The van der Waals surface area contributed by atoms with Crippen molar-refractivity contribution in [2.24, 2.45) is 0 Å². The molecule has 0 heterocycles. The van der Waals surface area contributed by atoms with Gasteiger partial charge >= 0.3 is 0 Å². The molecule has 3 aromatic carbocycles. The van der Waals surface area contributed by atoms with Crippen LogP contribution < -0.4 is 4.74 Å². The number of aromatic hydroxyl groups is 1. The average Bonchev–Trinajstić information content (AvgIpc) is 2.68. The third-order valence-electron chi connectivity index (χ3n) is 5.37. The van der Waals surface area contributed by atoms with Gasteiger partial charge in [-0.15, -0.1) is 0 Å². The molecule has 1 aliphatic rings. The van der Waals surface area contributed by atoms with Gasteiger partial charge in [-0.25, -0.2) is 0 Å². The fourth-order valence-corrected chi connectivity index (χ4v) is 4.22. The average molecular weight is 344 g/mol. The van der Waals surface area contributed by atoms with Crippen molar-refractivity contribution >= 4 is 0 Å². The quantitative estimate of drug-likeness (QED) is 0.662. The number of hydrogen-bond acceptors (Lipinski definition) is 2. The molecule has 1 N–H and O–H groups in total. The molecule has 0 aliphatic heterocycles. The molecule has 0 bridgehead atoms. The minimum Gasteiger partial charge on any atom is -0.508 e. The summed E-state index contributed by atoms with van der Waals surface area (Å²) in [7, 11) is 0. The van der Waals surface area contributed by atoms with Gasteiger partial charge in [-0.2, -0.15) is 0 Å². The van der Waals surface area contributed by atoms with Crippen molar-refractivity contribution < 1.29 is 9.84 Å². The standard InChI is InChI=1S/C24H24O2/c1-2-26-21-12-8-18(9-13-21)24-22(17-6-4-3-5-7-17)14-10-19-16-20(25)11-15-23(19)24/h3-9,11-13,15-16,22,24-25H,2,10,14H2,1H3/t22-,24+/m0/s1. The third kappa shape index (κ3) is 3.20. The van der Waals surface area contributed by atoms with E-state index in [4.69, 9.17) is 4.74 Å². The Morgan fingerprint density at radius 1 is 0.923 bits per heavy atom. The number of benzene rings is 3. The first-order valence-corrected chi connectivity index (χ1v) is 9.35. The number of hydrogen-bond donors (Lipinski definition) is 1. The number of phenolic OH excluding ortho intramolecular Hbond substituents is 1. The molecule has 0 spiro atoms. The number of phenols is 1. The lowest BCUT2D eigenvalue weighted by Crippen LogP contribution is -2.20. The Morgan fingerprint density at radius 3 is 2.42 bits per heavy atom. The highest BCUT2D eigenvalue weighted by Gasteiger charge is 2.32. The fourth-order valence-electron chi connectivity index (χ4n) is 4.22. The number of rotatable bonds is 4. The Balaban J connectivity index is 1.79. The lowest BCUT2D eigenvalue weighted by molar-refractivity contribution is 0.340. The largest absolute Gasteiger partial charge is 0.508 e. The zero-order valence-corrected chi connectivity index (χ0v) is 15.1. The summed E-state index contributed by atoms with van der Waals surface area (Å²) in [6, 6.07) is 25.1. The van der Waals surface area contributed by atoms with E-state index < -0.39 is 0 Å². The van der Waals surface area contributed by atoms with Crippen LogP contribution in [0.4, 0.5) is 0 Å². The normalized spacial score (nSPS) is 19.0. The van der Waals surface area contributed by atoms with Crippen LogP contribution in [0.1, 0.15) is 47.4 Å². The minimum atomic E-state index is 0.289. The van der Waals surface area contributed by atoms with Gasteiger partial charge in [-0.05, 0) is 72.2 Å². The van der Waals surface area contributed by atoms with Crippen molar-refractivity contribution in [2.75, 3.05) is 6.61 Å². The highest BCUT2D eigenvalue weighted by atomic mass is 16.5. The predicted molar refractivity (Wildman–Crippen MR) is 105 cm³/mol. The van der Waals surface area contributed by atoms with Crippen LogP contribution in [0, 0.1) is 0 Å². The maximum atomic E-state index is 9.91. The van der Waals surface area contributed by atoms with Crippen molar-refractivity contribution in [1.29, 1.82) is 0 Å². The SMILES string of the molecule is CCOc1ccc([C@H]2c3ccc(O)cc3CC[C@H]2c2ccccc2)cc1. The minimum absolute atomic E-state index is 0.289. The van der Waals surface area contributed by atoms with Gasteiger partial charge in [0.25, 0.3) is 0 Å². The van der Waals surface area contributed by atoms with Gasteiger partial charge in [-0.3, -0.25) is 0 Å². The summed E-state index contributed by atoms with van der Waals surface area (Å²) in [6.45, 7) is 2.68. The zero-order chi connectivity index (χ0) is 17.9. The van der Waals surface area contributed by atoms with Crippen molar-refractivity contribution in [3.05, 3.63) is 95.1 Å². The van der Waals surface area contributed by atoms with Gasteiger partial charge in [0.1, 0.15) is 11.5 Å². The molecule has 0 saturated carbocycles. The maximum absolute atomic E-state index is 9.91. The van der Waals surface area contributed by atoms with Gasteiger partial charge < -0.3 is 9.84 Å². The molecule has 26 heavy (non-hydrogen) atoms. The highest BCUT2D eigenvalue weighted by molar-refractivity contribution is 5.48. The van der Waals surface area contributed by atoms with E-state index in [0.717, 1.165) is 18.6 Å². The van der Waals surface area contributed by atoms with Crippen LogP contribution in [0.25, 0.3) is 0 Å². The summed E-state index contributed by atoms with van der Waals surface area (Å²) < 4.78 is 5.61. The molecular weight excluding hydrogens is 320 g/mol.